The first kappa shape index (κ1) is 23.6. The first-order chi connectivity index (χ1) is 14.4. The van der Waals surface area contributed by atoms with Crippen LogP contribution in [0.1, 0.15) is 5.56 Å². The molecule has 2 heterocycles. The van der Waals surface area contributed by atoms with Crippen molar-refractivity contribution in [2.75, 3.05) is 26.2 Å². The summed E-state index contributed by atoms with van der Waals surface area (Å²) in [5, 5.41) is -0.0649. The number of carbonyl (C=O) groups excluding carboxylic acids is 1. The number of benzene rings is 1. The summed E-state index contributed by atoms with van der Waals surface area (Å²) in [5.41, 5.74) is -1.80. The van der Waals surface area contributed by atoms with Crippen LogP contribution >= 0.6 is 23.2 Å². The van der Waals surface area contributed by atoms with Crippen molar-refractivity contribution in [3.05, 3.63) is 62.5 Å². The highest BCUT2D eigenvalue weighted by molar-refractivity contribution is 7.89. The second-order valence-electron chi connectivity index (χ2n) is 6.72. The van der Waals surface area contributed by atoms with Gasteiger partial charge in [-0.2, -0.15) is 17.5 Å². The van der Waals surface area contributed by atoms with Gasteiger partial charge >= 0.3 is 6.18 Å². The van der Waals surface area contributed by atoms with Gasteiger partial charge in [-0.15, -0.1) is 0 Å². The minimum Gasteiger partial charge on any atom is -0.339 e. The minimum absolute atomic E-state index is 0.00610. The molecule has 168 valence electrons. The molecule has 0 unspecified atom stereocenters. The van der Waals surface area contributed by atoms with Gasteiger partial charge in [0.15, 0.2) is 0 Å². The number of piperazine rings is 1. The maximum atomic E-state index is 12.9. The quantitative estimate of drug-likeness (QED) is 0.650. The second kappa shape index (κ2) is 8.81. The Labute approximate surface area is 185 Å². The Bertz CT molecular complexity index is 1140. The van der Waals surface area contributed by atoms with Crippen LogP contribution in [0.25, 0.3) is 0 Å². The van der Waals surface area contributed by atoms with Crippen LogP contribution in [0, 0.1) is 0 Å². The number of sulfonamides is 1. The average Bonchev–Trinajstić information content (AvgIpc) is 2.68. The lowest BCUT2D eigenvalue weighted by molar-refractivity contribution is -0.139. The number of rotatable bonds is 4. The minimum atomic E-state index is -4.65. The van der Waals surface area contributed by atoms with E-state index in [2.05, 4.69) is 0 Å². The Morgan fingerprint density at radius 2 is 1.58 bits per heavy atom. The molecule has 1 amide bonds. The van der Waals surface area contributed by atoms with E-state index in [4.69, 9.17) is 23.2 Å². The third-order valence-corrected chi connectivity index (χ3v) is 7.58. The van der Waals surface area contributed by atoms with E-state index in [-0.39, 0.29) is 41.1 Å². The molecule has 1 aromatic heterocycles. The molecule has 0 saturated carbocycles. The van der Waals surface area contributed by atoms with E-state index >= 15 is 0 Å². The Morgan fingerprint density at radius 1 is 1.00 bits per heavy atom. The highest BCUT2D eigenvalue weighted by Gasteiger charge is 2.34. The summed E-state index contributed by atoms with van der Waals surface area (Å²) >= 11 is 12.0. The van der Waals surface area contributed by atoms with Gasteiger partial charge in [-0.3, -0.25) is 9.59 Å². The number of halogens is 5. The maximum Gasteiger partial charge on any atom is 0.417 e. The van der Waals surface area contributed by atoms with Crippen LogP contribution in [-0.2, 0) is 27.5 Å². The van der Waals surface area contributed by atoms with E-state index in [0.29, 0.717) is 16.8 Å². The molecule has 0 radical (unpaired) electrons. The summed E-state index contributed by atoms with van der Waals surface area (Å²) < 4.78 is 66.1. The fourth-order valence-electron chi connectivity index (χ4n) is 3.10. The monoisotopic (exact) mass is 497 g/mol. The highest BCUT2D eigenvalue weighted by atomic mass is 35.5. The van der Waals surface area contributed by atoms with Crippen molar-refractivity contribution in [2.45, 2.75) is 17.6 Å². The summed E-state index contributed by atoms with van der Waals surface area (Å²) in [5.74, 6) is -0.603. The molecule has 1 saturated heterocycles. The summed E-state index contributed by atoms with van der Waals surface area (Å²) in [6.07, 6.45) is -4.07. The summed E-state index contributed by atoms with van der Waals surface area (Å²) in [6.45, 7) is -0.728. The number of hydrogen-bond donors (Lipinski definition) is 0. The lowest BCUT2D eigenvalue weighted by atomic mass is 10.2. The second-order valence-corrected chi connectivity index (χ2v) is 9.41. The molecule has 3 rings (SSSR count). The standard InChI is InChI=1S/C18H16Cl2F3N3O4S/c19-13-2-1-3-14(20)17(13)31(29,30)26-8-6-24(7-9-26)16(28)11-25-10-12(18(21,22)23)4-5-15(25)27/h1-5,10H,6-9,11H2. The number of pyridine rings is 1. The smallest absolute Gasteiger partial charge is 0.339 e. The molecule has 1 aliphatic heterocycles. The zero-order valence-electron chi connectivity index (χ0n) is 15.8. The zero-order chi connectivity index (χ0) is 23.0. The van der Waals surface area contributed by atoms with E-state index in [0.717, 1.165) is 10.4 Å². The lowest BCUT2D eigenvalue weighted by Gasteiger charge is -2.34. The predicted molar refractivity (Wildman–Crippen MR) is 108 cm³/mol. The van der Waals surface area contributed by atoms with Gasteiger partial charge in [0.1, 0.15) is 11.4 Å². The van der Waals surface area contributed by atoms with Gasteiger partial charge in [-0.1, -0.05) is 29.3 Å². The topological polar surface area (TPSA) is 79.7 Å². The van der Waals surface area contributed by atoms with Crippen molar-refractivity contribution in [3.8, 4) is 0 Å². The molecule has 0 bridgehead atoms. The van der Waals surface area contributed by atoms with Crippen molar-refractivity contribution in [2.24, 2.45) is 0 Å². The molecule has 13 heteroatoms. The normalized spacial score (nSPS) is 15.8. The van der Waals surface area contributed by atoms with Gasteiger partial charge in [0.25, 0.3) is 5.56 Å². The third-order valence-electron chi connectivity index (χ3n) is 4.72. The van der Waals surface area contributed by atoms with E-state index < -0.39 is 39.8 Å². The molecular weight excluding hydrogens is 482 g/mol. The van der Waals surface area contributed by atoms with Crippen LogP contribution in [0.5, 0.6) is 0 Å². The maximum absolute atomic E-state index is 12.9. The number of nitrogens with zero attached hydrogens (tertiary/aromatic N) is 3. The Hall–Kier alpha value is -2.08. The van der Waals surface area contributed by atoms with Crippen molar-refractivity contribution in [3.63, 3.8) is 0 Å². The Balaban J connectivity index is 1.70. The molecule has 1 fully saturated rings. The van der Waals surface area contributed by atoms with Crippen molar-refractivity contribution in [1.29, 1.82) is 0 Å². The predicted octanol–water partition coefficient (Wildman–Crippen LogP) is 2.71. The SMILES string of the molecule is O=C(Cn1cc(C(F)(F)F)ccc1=O)N1CCN(S(=O)(=O)c2c(Cl)cccc2Cl)CC1. The number of amides is 1. The van der Waals surface area contributed by atoms with Crippen molar-refractivity contribution in [1.82, 2.24) is 13.8 Å². The number of hydrogen-bond acceptors (Lipinski definition) is 4. The summed E-state index contributed by atoms with van der Waals surface area (Å²) in [7, 11) is -4.01. The van der Waals surface area contributed by atoms with Crippen LogP contribution in [0.4, 0.5) is 13.2 Å². The third kappa shape index (κ3) is 5.05. The number of aromatic nitrogens is 1. The van der Waals surface area contributed by atoms with Gasteiger partial charge in [0, 0.05) is 38.4 Å². The molecule has 0 aliphatic carbocycles. The van der Waals surface area contributed by atoms with Crippen LogP contribution < -0.4 is 5.56 Å². The molecule has 0 spiro atoms. The summed E-state index contributed by atoms with van der Waals surface area (Å²) in [4.78, 5) is 25.4. The van der Waals surface area contributed by atoms with Gasteiger partial charge in [0.2, 0.25) is 15.9 Å². The first-order valence-electron chi connectivity index (χ1n) is 8.91. The number of alkyl halides is 3. The van der Waals surface area contributed by atoms with Crippen LogP contribution in [0.3, 0.4) is 0 Å². The molecule has 0 atom stereocenters. The molecule has 2 aromatic rings. The fourth-order valence-corrected chi connectivity index (χ4v) is 5.62. The zero-order valence-corrected chi connectivity index (χ0v) is 18.1. The van der Waals surface area contributed by atoms with Gasteiger partial charge in [-0.25, -0.2) is 8.42 Å². The van der Waals surface area contributed by atoms with Crippen LogP contribution in [0.15, 0.2) is 46.2 Å². The Kier molecular flexibility index (Phi) is 6.70. The van der Waals surface area contributed by atoms with Gasteiger partial charge in [-0.05, 0) is 18.2 Å². The van der Waals surface area contributed by atoms with E-state index in [1.807, 2.05) is 0 Å². The Morgan fingerprint density at radius 3 is 2.13 bits per heavy atom. The lowest BCUT2D eigenvalue weighted by Crippen LogP contribution is -2.51. The fraction of sp³-hybridized carbons (Fsp3) is 0.333. The number of carbonyl (C=O) groups is 1. The average molecular weight is 498 g/mol. The first-order valence-corrected chi connectivity index (χ1v) is 11.1. The largest absolute Gasteiger partial charge is 0.417 e. The highest BCUT2D eigenvalue weighted by Crippen LogP contribution is 2.32. The van der Waals surface area contributed by atoms with Gasteiger partial charge < -0.3 is 9.47 Å². The molecule has 31 heavy (non-hydrogen) atoms. The molecule has 7 nitrogen and oxygen atoms in total. The van der Waals surface area contributed by atoms with E-state index in [1.165, 1.54) is 23.1 Å². The van der Waals surface area contributed by atoms with E-state index in [1.54, 1.807) is 0 Å². The molecule has 1 aromatic carbocycles. The van der Waals surface area contributed by atoms with Crippen LogP contribution in [-0.4, -0.2) is 54.3 Å². The molecule has 0 N–H and O–H groups in total. The molecular formula is C18H16Cl2F3N3O4S. The van der Waals surface area contributed by atoms with Gasteiger partial charge in [0.05, 0.1) is 15.6 Å². The van der Waals surface area contributed by atoms with Crippen LogP contribution in [0.2, 0.25) is 10.0 Å². The van der Waals surface area contributed by atoms with Crippen molar-refractivity contribution < 1.29 is 26.4 Å². The van der Waals surface area contributed by atoms with Crippen molar-refractivity contribution >= 4 is 39.1 Å². The van der Waals surface area contributed by atoms with E-state index in [9.17, 15) is 31.2 Å². The summed E-state index contributed by atoms with van der Waals surface area (Å²) in [6, 6.07) is 5.69. The molecule has 1 aliphatic rings.